The van der Waals surface area contributed by atoms with Gasteiger partial charge in [-0.05, 0) is 6.92 Å². The minimum atomic E-state index is 0.957. The van der Waals surface area contributed by atoms with Gasteiger partial charge in [-0.2, -0.15) is 0 Å². The number of hydrogen-bond acceptors (Lipinski definition) is 2. The minimum Gasteiger partial charge on any atom is -0.327 e. The molecule has 0 saturated heterocycles. The third-order valence-corrected chi connectivity index (χ3v) is 0.894. The number of nitrogens with zero attached hydrogens (tertiary/aromatic N) is 1. The Bertz CT molecular complexity index is 58.6. The van der Waals surface area contributed by atoms with Crippen LogP contribution in [0, 0.1) is 0 Å². The first-order valence-corrected chi connectivity index (χ1v) is 2.12. The largest absolute Gasteiger partial charge is 0.327 e. The highest BCUT2D eigenvalue weighted by Gasteiger charge is 1.80. The zero-order valence-electron chi connectivity index (χ0n) is 4.10. The molecular weight excluding hydrogens is 94.1 g/mol. The Morgan fingerprint density at radius 3 is 2.00 bits per heavy atom. The van der Waals surface area contributed by atoms with Crippen molar-refractivity contribution in [2.45, 2.75) is 6.92 Å². The summed E-state index contributed by atoms with van der Waals surface area (Å²) in [6.07, 6.45) is 0. The van der Waals surface area contributed by atoms with Crippen LogP contribution in [0.1, 0.15) is 6.92 Å². The molecule has 0 amide bonds. The molecule has 0 aliphatic heterocycles. The molecule has 0 aliphatic rings. The van der Waals surface area contributed by atoms with E-state index in [0.717, 1.165) is 5.70 Å². The van der Waals surface area contributed by atoms with Crippen LogP contribution in [0.2, 0.25) is 0 Å². The lowest BCUT2D eigenvalue weighted by Crippen LogP contribution is -1.97. The minimum absolute atomic E-state index is 0.957. The van der Waals surface area contributed by atoms with Crippen molar-refractivity contribution in [3.8, 4) is 0 Å². The van der Waals surface area contributed by atoms with E-state index >= 15 is 0 Å². The molecule has 6 heavy (non-hydrogen) atoms. The first-order chi connectivity index (χ1) is 2.64. The molecule has 1 nitrogen and oxygen atoms in total. The number of rotatable bonds is 1. The summed E-state index contributed by atoms with van der Waals surface area (Å²) in [5.74, 6) is 0. The van der Waals surface area contributed by atoms with Gasteiger partial charge in [-0.25, -0.2) is 0 Å². The maximum atomic E-state index is 3.93. The van der Waals surface area contributed by atoms with Gasteiger partial charge in [-0.3, -0.25) is 0 Å². The highest BCUT2D eigenvalue weighted by molar-refractivity contribution is 7.77. The van der Waals surface area contributed by atoms with Gasteiger partial charge in [-0.15, -0.1) is 0 Å². The summed E-state index contributed by atoms with van der Waals surface area (Å²) in [6, 6.07) is 0. The fourth-order valence-electron chi connectivity index (χ4n) is 0. The molecule has 0 spiro atoms. The third kappa shape index (κ3) is 2.15. The van der Waals surface area contributed by atoms with Crippen LogP contribution < -0.4 is 0 Å². The molecule has 0 N–H and O–H groups in total. The van der Waals surface area contributed by atoms with Crippen molar-refractivity contribution in [1.82, 2.24) is 4.31 Å². The SMILES string of the molecule is C=C(C)N(C)S. The zero-order valence-corrected chi connectivity index (χ0v) is 5.00. The molecule has 0 radical (unpaired) electrons. The molecule has 0 rings (SSSR count). The van der Waals surface area contributed by atoms with Crippen LogP contribution in [0.4, 0.5) is 0 Å². The Morgan fingerprint density at radius 1 is 1.83 bits per heavy atom. The predicted octanol–water partition coefficient (Wildman–Crippen LogP) is 1.30. The van der Waals surface area contributed by atoms with E-state index in [1.165, 1.54) is 0 Å². The van der Waals surface area contributed by atoms with Crippen LogP contribution in [-0.2, 0) is 0 Å². The highest BCUT2D eigenvalue weighted by atomic mass is 32.1. The van der Waals surface area contributed by atoms with E-state index in [0.29, 0.717) is 0 Å². The van der Waals surface area contributed by atoms with Gasteiger partial charge in [0.2, 0.25) is 0 Å². The third-order valence-electron chi connectivity index (χ3n) is 0.552. The Morgan fingerprint density at radius 2 is 2.00 bits per heavy atom. The van der Waals surface area contributed by atoms with E-state index in [4.69, 9.17) is 0 Å². The van der Waals surface area contributed by atoms with Gasteiger partial charge in [0.1, 0.15) is 0 Å². The van der Waals surface area contributed by atoms with Crippen LogP contribution in [-0.4, -0.2) is 11.4 Å². The van der Waals surface area contributed by atoms with E-state index in [9.17, 15) is 0 Å². The Kier molecular flexibility index (Phi) is 2.09. The topological polar surface area (TPSA) is 3.24 Å². The molecule has 0 aliphatic carbocycles. The Labute approximate surface area is 44.2 Å². The zero-order chi connectivity index (χ0) is 5.15. The molecule has 0 atom stereocenters. The molecule has 36 valence electrons. The fraction of sp³-hybridized carbons (Fsp3) is 0.500. The smallest absolute Gasteiger partial charge is 0.0176 e. The van der Waals surface area contributed by atoms with E-state index in [-0.39, 0.29) is 0 Å². The monoisotopic (exact) mass is 103 g/mol. The first-order valence-electron chi connectivity index (χ1n) is 1.72. The van der Waals surface area contributed by atoms with Gasteiger partial charge >= 0.3 is 0 Å². The summed E-state index contributed by atoms with van der Waals surface area (Å²) in [6.45, 7) is 5.50. The molecule has 0 unspecified atom stereocenters. The summed E-state index contributed by atoms with van der Waals surface area (Å²) < 4.78 is 1.67. The van der Waals surface area contributed by atoms with Crippen molar-refractivity contribution in [2.24, 2.45) is 0 Å². The van der Waals surface area contributed by atoms with Crippen molar-refractivity contribution in [3.05, 3.63) is 12.3 Å². The van der Waals surface area contributed by atoms with Crippen molar-refractivity contribution >= 4 is 12.8 Å². The molecule has 0 aromatic carbocycles. The number of allylic oxidation sites excluding steroid dienone is 1. The number of thiol groups is 1. The molecule has 2 heteroatoms. The van der Waals surface area contributed by atoms with Crippen molar-refractivity contribution in [2.75, 3.05) is 7.05 Å². The lowest BCUT2D eigenvalue weighted by atomic mass is 10.6. The van der Waals surface area contributed by atoms with Gasteiger partial charge < -0.3 is 4.31 Å². The van der Waals surface area contributed by atoms with E-state index in [1.54, 1.807) is 4.31 Å². The molecule has 0 bridgehead atoms. The lowest BCUT2D eigenvalue weighted by Gasteiger charge is -2.06. The lowest BCUT2D eigenvalue weighted by molar-refractivity contribution is 0.717. The van der Waals surface area contributed by atoms with E-state index < -0.39 is 0 Å². The average Bonchev–Trinajstić information content (AvgIpc) is 1.36. The number of hydrogen-bond donors (Lipinski definition) is 1. The van der Waals surface area contributed by atoms with Crippen LogP contribution in [0.25, 0.3) is 0 Å². The van der Waals surface area contributed by atoms with Gasteiger partial charge in [0.05, 0.1) is 0 Å². The summed E-state index contributed by atoms with van der Waals surface area (Å²) in [5, 5.41) is 0. The van der Waals surface area contributed by atoms with E-state index in [2.05, 4.69) is 19.4 Å². The summed E-state index contributed by atoms with van der Waals surface area (Å²) in [7, 11) is 1.84. The first kappa shape index (κ1) is 5.89. The molecule has 0 saturated carbocycles. The van der Waals surface area contributed by atoms with Crippen molar-refractivity contribution in [1.29, 1.82) is 0 Å². The quantitative estimate of drug-likeness (QED) is 0.489. The van der Waals surface area contributed by atoms with Gasteiger partial charge in [-0.1, -0.05) is 19.4 Å². The summed E-state index contributed by atoms with van der Waals surface area (Å²) >= 11 is 3.93. The summed E-state index contributed by atoms with van der Waals surface area (Å²) in [4.78, 5) is 0. The molecule has 0 aromatic heterocycles. The Hall–Kier alpha value is -0.110. The van der Waals surface area contributed by atoms with E-state index in [1.807, 2.05) is 14.0 Å². The highest BCUT2D eigenvalue weighted by Crippen LogP contribution is 1.95. The second-order valence-electron chi connectivity index (χ2n) is 1.26. The van der Waals surface area contributed by atoms with Crippen LogP contribution in [0.15, 0.2) is 12.3 Å². The van der Waals surface area contributed by atoms with Gasteiger partial charge in [0.25, 0.3) is 0 Å². The van der Waals surface area contributed by atoms with Crippen LogP contribution in [0.3, 0.4) is 0 Å². The van der Waals surface area contributed by atoms with Gasteiger partial charge in [0, 0.05) is 12.7 Å². The van der Waals surface area contributed by atoms with Crippen molar-refractivity contribution in [3.63, 3.8) is 0 Å². The predicted molar refractivity (Wildman–Crippen MR) is 31.6 cm³/mol. The molecule has 0 fully saturated rings. The van der Waals surface area contributed by atoms with Crippen LogP contribution in [0.5, 0.6) is 0 Å². The molecule has 0 heterocycles. The second-order valence-corrected chi connectivity index (χ2v) is 1.86. The maximum Gasteiger partial charge on any atom is 0.0176 e. The average molecular weight is 103 g/mol. The normalized spacial score (nSPS) is 7.83. The van der Waals surface area contributed by atoms with Gasteiger partial charge in [0.15, 0.2) is 0 Å². The fourth-order valence-corrected chi connectivity index (χ4v) is 0. The maximum absolute atomic E-state index is 3.93. The standard InChI is InChI=1S/C4H9NS/c1-4(2)5(3)6/h6H,1H2,2-3H3. The summed E-state index contributed by atoms with van der Waals surface area (Å²) in [5.41, 5.74) is 0.957. The second kappa shape index (κ2) is 2.13. The van der Waals surface area contributed by atoms with Crippen molar-refractivity contribution < 1.29 is 0 Å². The van der Waals surface area contributed by atoms with Crippen LogP contribution >= 0.6 is 12.8 Å². The Balaban J connectivity index is 3.26. The molecular formula is C4H9NS. The molecule has 0 aromatic rings.